The largest absolute Gasteiger partial charge is 0.494 e. The number of anilines is 3. The van der Waals surface area contributed by atoms with Crippen LogP contribution in [0.5, 0.6) is 5.75 Å². The van der Waals surface area contributed by atoms with Gasteiger partial charge >= 0.3 is 0 Å². The molecule has 0 aliphatic heterocycles. The van der Waals surface area contributed by atoms with E-state index in [2.05, 4.69) is 173 Å². The minimum atomic E-state index is 0.714. The van der Waals surface area contributed by atoms with Crippen molar-refractivity contribution in [2.24, 2.45) is 0 Å². The summed E-state index contributed by atoms with van der Waals surface area (Å²) in [5.74, 6) is 2.40. The summed E-state index contributed by atoms with van der Waals surface area (Å²) in [6.45, 7) is 2.88. The second kappa shape index (κ2) is 14.6. The van der Waals surface area contributed by atoms with E-state index in [-0.39, 0.29) is 0 Å². The first kappa shape index (κ1) is 33.0. The van der Waals surface area contributed by atoms with Gasteiger partial charge in [-0.3, -0.25) is 4.57 Å². The highest BCUT2D eigenvalue weighted by Gasteiger charge is 2.19. The van der Waals surface area contributed by atoms with Crippen molar-refractivity contribution in [3.8, 4) is 39.9 Å². The maximum Gasteiger partial charge on any atom is 0.168 e. The predicted octanol–water partition coefficient (Wildman–Crippen LogP) is 12.3. The number of aromatic nitrogens is 4. The molecule has 0 unspecified atom stereocenters. The van der Waals surface area contributed by atoms with Gasteiger partial charge in [-0.05, 0) is 116 Å². The van der Waals surface area contributed by atoms with Crippen molar-refractivity contribution in [3.63, 3.8) is 0 Å². The lowest BCUT2D eigenvalue weighted by Gasteiger charge is -2.26. The average Bonchev–Trinajstić information content (AvgIpc) is 3.83. The molecule has 262 valence electrons. The Balaban J connectivity index is 1.08. The van der Waals surface area contributed by atoms with Crippen LogP contribution in [0.3, 0.4) is 0 Å². The summed E-state index contributed by atoms with van der Waals surface area (Å²) >= 11 is 0. The Morgan fingerprint density at radius 3 is 1.50 bits per heavy atom. The second-order valence-corrected chi connectivity index (χ2v) is 13.3. The average molecular weight is 702 g/mol. The first-order valence-corrected chi connectivity index (χ1v) is 18.5. The van der Waals surface area contributed by atoms with Gasteiger partial charge in [0.25, 0.3) is 0 Å². The first-order chi connectivity index (χ1) is 26.8. The SMILES string of the molecule is CCCCOc1ccc(-c2nnc(-c3ccc(N(c4ccccc4)c4ccc(-n5c6ccccc6c6ccccc65)cc4)cc3)n2-c2ccccc2)cc1. The lowest BCUT2D eigenvalue weighted by atomic mass is 10.1. The molecule has 6 nitrogen and oxygen atoms in total. The highest BCUT2D eigenvalue weighted by Crippen LogP contribution is 2.38. The fourth-order valence-electron chi connectivity index (χ4n) is 7.25. The maximum atomic E-state index is 5.93. The molecule has 0 spiro atoms. The van der Waals surface area contributed by atoms with E-state index < -0.39 is 0 Å². The molecule has 9 aromatic rings. The summed E-state index contributed by atoms with van der Waals surface area (Å²) in [6, 6.07) is 63.6. The van der Waals surface area contributed by atoms with Crippen molar-refractivity contribution < 1.29 is 4.74 Å². The van der Waals surface area contributed by atoms with E-state index in [0.717, 1.165) is 69.8 Å². The monoisotopic (exact) mass is 701 g/mol. The molecule has 2 aromatic heterocycles. The van der Waals surface area contributed by atoms with E-state index in [0.29, 0.717) is 6.61 Å². The van der Waals surface area contributed by atoms with Crippen LogP contribution in [-0.4, -0.2) is 25.9 Å². The van der Waals surface area contributed by atoms with Gasteiger partial charge in [-0.1, -0.05) is 86.1 Å². The Hall–Kier alpha value is -6.92. The van der Waals surface area contributed by atoms with Crippen molar-refractivity contribution in [1.29, 1.82) is 0 Å². The van der Waals surface area contributed by atoms with E-state index in [4.69, 9.17) is 14.9 Å². The number of rotatable bonds is 11. The fourth-order valence-corrected chi connectivity index (χ4v) is 7.25. The first-order valence-electron chi connectivity index (χ1n) is 18.5. The van der Waals surface area contributed by atoms with Crippen LogP contribution >= 0.6 is 0 Å². The third-order valence-electron chi connectivity index (χ3n) is 9.90. The Morgan fingerprint density at radius 1 is 0.463 bits per heavy atom. The topological polar surface area (TPSA) is 48.1 Å². The van der Waals surface area contributed by atoms with Gasteiger partial charge < -0.3 is 14.2 Å². The van der Waals surface area contributed by atoms with Crippen LogP contribution in [0.4, 0.5) is 17.1 Å². The summed E-state index contributed by atoms with van der Waals surface area (Å²) in [4.78, 5) is 2.29. The summed E-state index contributed by atoms with van der Waals surface area (Å²) < 4.78 is 10.4. The van der Waals surface area contributed by atoms with Crippen molar-refractivity contribution in [3.05, 3.63) is 182 Å². The molecule has 0 radical (unpaired) electrons. The molecule has 0 N–H and O–H groups in total. The van der Waals surface area contributed by atoms with E-state index in [1.165, 1.54) is 21.8 Å². The van der Waals surface area contributed by atoms with E-state index >= 15 is 0 Å². The fraction of sp³-hybridized carbons (Fsp3) is 0.0833. The van der Waals surface area contributed by atoms with Gasteiger partial charge in [0.1, 0.15) is 5.75 Å². The van der Waals surface area contributed by atoms with Crippen LogP contribution in [0, 0.1) is 0 Å². The third kappa shape index (κ3) is 6.18. The van der Waals surface area contributed by atoms with Gasteiger partial charge in [0.2, 0.25) is 0 Å². The number of hydrogen-bond acceptors (Lipinski definition) is 4. The molecule has 2 heterocycles. The summed E-state index contributed by atoms with van der Waals surface area (Å²) in [7, 11) is 0. The van der Waals surface area contributed by atoms with E-state index in [1.807, 2.05) is 30.3 Å². The summed E-state index contributed by atoms with van der Waals surface area (Å²) in [5.41, 5.74) is 9.63. The van der Waals surface area contributed by atoms with Gasteiger partial charge in [-0.25, -0.2) is 0 Å². The lowest BCUT2D eigenvalue weighted by Crippen LogP contribution is -2.10. The van der Waals surface area contributed by atoms with Crippen LogP contribution in [0.15, 0.2) is 182 Å². The summed E-state index contributed by atoms with van der Waals surface area (Å²) in [5, 5.41) is 12.0. The zero-order valence-electron chi connectivity index (χ0n) is 30.1. The molecule has 0 fully saturated rings. The van der Waals surface area contributed by atoms with Crippen molar-refractivity contribution >= 4 is 38.9 Å². The second-order valence-electron chi connectivity index (χ2n) is 13.3. The van der Waals surface area contributed by atoms with E-state index in [9.17, 15) is 0 Å². The Bertz CT molecular complexity index is 2590. The van der Waals surface area contributed by atoms with Crippen LogP contribution in [-0.2, 0) is 0 Å². The van der Waals surface area contributed by atoms with Crippen LogP contribution < -0.4 is 9.64 Å². The maximum absolute atomic E-state index is 5.93. The standard InChI is InChI=1S/C48H39N5O/c1-2-3-34-54-42-32-24-36(25-33-42)48-50-49-47(53(48)38-16-8-5-9-17-38)35-22-26-39(27-23-35)51(37-14-6-4-7-15-37)40-28-30-41(31-29-40)52-45-20-12-10-18-43(45)44-19-11-13-21-46(44)52/h4-33H,2-3,34H2,1H3. The number of benzene rings is 7. The van der Waals surface area contributed by atoms with Gasteiger partial charge in [0, 0.05) is 50.3 Å². The predicted molar refractivity (Wildman–Crippen MR) is 222 cm³/mol. The molecule has 0 bridgehead atoms. The number of fused-ring (bicyclic) bond motifs is 3. The highest BCUT2D eigenvalue weighted by atomic mass is 16.5. The van der Waals surface area contributed by atoms with Gasteiger partial charge in [-0.15, -0.1) is 10.2 Å². The smallest absolute Gasteiger partial charge is 0.168 e. The lowest BCUT2D eigenvalue weighted by molar-refractivity contribution is 0.309. The van der Waals surface area contributed by atoms with Crippen LogP contribution in [0.1, 0.15) is 19.8 Å². The zero-order valence-corrected chi connectivity index (χ0v) is 30.1. The molecule has 54 heavy (non-hydrogen) atoms. The molecule has 0 saturated heterocycles. The molecule has 7 aromatic carbocycles. The van der Waals surface area contributed by atoms with Gasteiger partial charge in [-0.2, -0.15) is 0 Å². The highest BCUT2D eigenvalue weighted by molar-refractivity contribution is 6.09. The normalized spacial score (nSPS) is 11.3. The molecular formula is C48H39N5O. The number of unbranched alkanes of at least 4 members (excludes halogenated alkanes) is 1. The number of ether oxygens (including phenoxy) is 1. The molecule has 0 amide bonds. The quantitative estimate of drug-likeness (QED) is 0.126. The molecule has 0 aliphatic rings. The number of nitrogens with zero attached hydrogens (tertiary/aromatic N) is 5. The van der Waals surface area contributed by atoms with Crippen molar-refractivity contribution in [1.82, 2.24) is 19.3 Å². The van der Waals surface area contributed by atoms with Crippen LogP contribution in [0.2, 0.25) is 0 Å². The van der Waals surface area contributed by atoms with Gasteiger partial charge in [0.05, 0.1) is 17.6 Å². The van der Waals surface area contributed by atoms with Crippen molar-refractivity contribution in [2.45, 2.75) is 19.8 Å². The third-order valence-corrected chi connectivity index (χ3v) is 9.90. The Labute approximate surface area is 315 Å². The molecule has 0 saturated carbocycles. The minimum Gasteiger partial charge on any atom is -0.494 e. The summed E-state index contributed by atoms with van der Waals surface area (Å²) in [6.07, 6.45) is 2.13. The molecule has 9 rings (SSSR count). The molecule has 6 heteroatoms. The van der Waals surface area contributed by atoms with E-state index in [1.54, 1.807) is 0 Å². The Morgan fingerprint density at radius 2 is 0.926 bits per heavy atom. The number of hydrogen-bond donors (Lipinski definition) is 0. The van der Waals surface area contributed by atoms with Crippen molar-refractivity contribution in [2.75, 3.05) is 11.5 Å². The number of para-hydroxylation sites is 4. The van der Waals surface area contributed by atoms with Crippen LogP contribution in [0.25, 0.3) is 56.0 Å². The van der Waals surface area contributed by atoms with Gasteiger partial charge in [0.15, 0.2) is 11.6 Å². The molecule has 0 aliphatic carbocycles. The molecular weight excluding hydrogens is 663 g/mol. The Kier molecular flexibility index (Phi) is 8.91. The molecule has 0 atom stereocenters. The minimum absolute atomic E-state index is 0.714. The zero-order chi connectivity index (χ0) is 36.3.